The van der Waals surface area contributed by atoms with Crippen molar-refractivity contribution >= 4 is 29.3 Å². The minimum absolute atomic E-state index is 0.0562. The first-order chi connectivity index (χ1) is 12.6. The summed E-state index contributed by atoms with van der Waals surface area (Å²) in [5.41, 5.74) is 1.44. The molecular weight excluding hydrogens is 354 g/mol. The highest BCUT2D eigenvalue weighted by Crippen LogP contribution is 2.20. The Morgan fingerprint density at radius 2 is 1.85 bits per heavy atom. The first-order valence-electron chi connectivity index (χ1n) is 7.67. The standard InChI is InChI=1S/C17H15N5O3S/c1-12(23)18-13-7-9-15(10-8-13)25-16(24)11-26-17-19-20-21-22(17)14-5-3-2-4-6-14/h2-10H,11H2,1H3,(H,18,23). The minimum Gasteiger partial charge on any atom is -0.426 e. The monoisotopic (exact) mass is 369 g/mol. The van der Waals surface area contributed by atoms with Crippen molar-refractivity contribution in [1.82, 2.24) is 20.2 Å². The number of anilines is 1. The van der Waals surface area contributed by atoms with Crippen LogP contribution < -0.4 is 10.1 Å². The van der Waals surface area contributed by atoms with E-state index in [0.717, 1.165) is 5.69 Å². The third-order valence-corrected chi connectivity index (χ3v) is 4.06. The zero-order valence-corrected chi connectivity index (χ0v) is 14.6. The van der Waals surface area contributed by atoms with E-state index in [1.54, 1.807) is 28.9 Å². The van der Waals surface area contributed by atoms with Crippen LogP contribution in [0.5, 0.6) is 5.75 Å². The Bertz CT molecular complexity index is 896. The Kier molecular flexibility index (Phi) is 5.59. The average molecular weight is 369 g/mol. The van der Waals surface area contributed by atoms with Gasteiger partial charge < -0.3 is 10.1 Å². The van der Waals surface area contributed by atoms with Gasteiger partial charge in [-0.1, -0.05) is 30.0 Å². The van der Waals surface area contributed by atoms with E-state index in [1.165, 1.54) is 18.7 Å². The SMILES string of the molecule is CC(=O)Nc1ccc(OC(=O)CSc2nnnn2-c2ccccc2)cc1. The lowest BCUT2D eigenvalue weighted by atomic mass is 10.3. The zero-order valence-electron chi connectivity index (χ0n) is 13.8. The van der Waals surface area contributed by atoms with Crippen LogP contribution in [0.4, 0.5) is 5.69 Å². The summed E-state index contributed by atoms with van der Waals surface area (Å²) >= 11 is 1.18. The fraction of sp³-hybridized carbons (Fsp3) is 0.118. The minimum atomic E-state index is -0.426. The number of para-hydroxylation sites is 1. The van der Waals surface area contributed by atoms with E-state index < -0.39 is 5.97 Å². The molecule has 0 aliphatic carbocycles. The number of nitrogens with one attached hydrogen (secondary N) is 1. The van der Waals surface area contributed by atoms with Gasteiger partial charge in [-0.2, -0.15) is 4.68 Å². The number of esters is 1. The lowest BCUT2D eigenvalue weighted by Gasteiger charge is -2.06. The molecule has 0 atom stereocenters. The van der Waals surface area contributed by atoms with Crippen molar-refractivity contribution < 1.29 is 14.3 Å². The summed E-state index contributed by atoms with van der Waals surface area (Å²) in [6.07, 6.45) is 0. The van der Waals surface area contributed by atoms with Crippen LogP contribution in [0.1, 0.15) is 6.92 Å². The molecule has 1 N–H and O–H groups in total. The molecule has 1 amide bonds. The predicted octanol–water partition coefficient (Wildman–Crippen LogP) is 2.32. The van der Waals surface area contributed by atoms with Gasteiger partial charge in [0.15, 0.2) is 0 Å². The summed E-state index contributed by atoms with van der Waals surface area (Å²) in [7, 11) is 0. The van der Waals surface area contributed by atoms with E-state index in [1.807, 2.05) is 30.3 Å². The fourth-order valence-corrected chi connectivity index (χ4v) is 2.76. The van der Waals surface area contributed by atoms with Crippen LogP contribution in [0, 0.1) is 0 Å². The molecule has 0 saturated heterocycles. The van der Waals surface area contributed by atoms with Crippen molar-refractivity contribution in [1.29, 1.82) is 0 Å². The summed E-state index contributed by atoms with van der Waals surface area (Å²) in [5, 5.41) is 14.6. The van der Waals surface area contributed by atoms with Gasteiger partial charge in [-0.25, -0.2) is 0 Å². The van der Waals surface area contributed by atoms with Crippen LogP contribution >= 0.6 is 11.8 Å². The van der Waals surface area contributed by atoms with Gasteiger partial charge in [0, 0.05) is 12.6 Å². The van der Waals surface area contributed by atoms with Gasteiger partial charge in [0.2, 0.25) is 11.1 Å². The van der Waals surface area contributed by atoms with Crippen LogP contribution in [-0.2, 0) is 9.59 Å². The van der Waals surface area contributed by atoms with E-state index in [0.29, 0.717) is 16.6 Å². The number of amides is 1. The van der Waals surface area contributed by atoms with Gasteiger partial charge in [-0.3, -0.25) is 9.59 Å². The quantitative estimate of drug-likeness (QED) is 0.404. The van der Waals surface area contributed by atoms with Crippen molar-refractivity contribution in [2.24, 2.45) is 0 Å². The number of carbonyl (C=O) groups excluding carboxylic acids is 2. The van der Waals surface area contributed by atoms with Crippen molar-refractivity contribution in [3.05, 3.63) is 54.6 Å². The fourth-order valence-electron chi connectivity index (χ4n) is 2.09. The second-order valence-electron chi connectivity index (χ2n) is 5.18. The number of tetrazole rings is 1. The third kappa shape index (κ3) is 4.67. The van der Waals surface area contributed by atoms with Crippen molar-refractivity contribution in [2.45, 2.75) is 12.1 Å². The number of aromatic nitrogens is 4. The number of carbonyl (C=O) groups is 2. The maximum Gasteiger partial charge on any atom is 0.321 e. The predicted molar refractivity (Wildman–Crippen MR) is 96.3 cm³/mol. The molecule has 1 aromatic heterocycles. The topological polar surface area (TPSA) is 99.0 Å². The van der Waals surface area contributed by atoms with Crippen molar-refractivity contribution in [2.75, 3.05) is 11.1 Å². The van der Waals surface area contributed by atoms with E-state index in [4.69, 9.17) is 4.74 Å². The van der Waals surface area contributed by atoms with Gasteiger partial charge in [0.25, 0.3) is 0 Å². The van der Waals surface area contributed by atoms with Crippen LogP contribution in [0.3, 0.4) is 0 Å². The van der Waals surface area contributed by atoms with Crippen molar-refractivity contribution in [3.63, 3.8) is 0 Å². The summed E-state index contributed by atoms with van der Waals surface area (Å²) in [4.78, 5) is 23.0. The molecule has 0 radical (unpaired) electrons. The number of thioether (sulfide) groups is 1. The highest BCUT2D eigenvalue weighted by Gasteiger charge is 2.12. The lowest BCUT2D eigenvalue weighted by Crippen LogP contribution is -2.12. The molecule has 1 heterocycles. The normalized spacial score (nSPS) is 10.3. The second kappa shape index (κ2) is 8.26. The van der Waals surface area contributed by atoms with Gasteiger partial charge in [-0.15, -0.1) is 5.10 Å². The van der Waals surface area contributed by atoms with Crippen molar-refractivity contribution in [3.8, 4) is 11.4 Å². The summed E-state index contributed by atoms with van der Waals surface area (Å²) in [6, 6.07) is 15.9. The number of benzene rings is 2. The van der Waals surface area contributed by atoms with Gasteiger partial charge in [0.1, 0.15) is 5.75 Å². The Labute approximate surface area is 153 Å². The molecule has 26 heavy (non-hydrogen) atoms. The highest BCUT2D eigenvalue weighted by molar-refractivity contribution is 7.99. The molecule has 3 rings (SSSR count). The molecule has 0 spiro atoms. The molecule has 0 aliphatic heterocycles. The van der Waals surface area contributed by atoms with E-state index in [2.05, 4.69) is 20.8 Å². The Morgan fingerprint density at radius 1 is 1.12 bits per heavy atom. The zero-order chi connectivity index (χ0) is 18.4. The molecule has 132 valence electrons. The molecule has 0 fully saturated rings. The molecule has 3 aromatic rings. The molecular formula is C17H15N5O3S. The number of rotatable bonds is 6. The van der Waals surface area contributed by atoms with E-state index in [9.17, 15) is 9.59 Å². The maximum absolute atomic E-state index is 12.0. The van der Waals surface area contributed by atoms with Crippen LogP contribution in [0.25, 0.3) is 5.69 Å². The maximum atomic E-state index is 12.0. The summed E-state index contributed by atoms with van der Waals surface area (Å²) in [6.45, 7) is 1.42. The van der Waals surface area contributed by atoms with Gasteiger partial charge in [0.05, 0.1) is 11.4 Å². The number of nitrogens with zero attached hydrogens (tertiary/aromatic N) is 4. The smallest absolute Gasteiger partial charge is 0.321 e. The number of ether oxygens (including phenoxy) is 1. The van der Waals surface area contributed by atoms with Gasteiger partial charge in [-0.05, 0) is 46.8 Å². The number of hydrogen-bond acceptors (Lipinski definition) is 7. The average Bonchev–Trinajstić information content (AvgIpc) is 3.11. The van der Waals surface area contributed by atoms with Gasteiger partial charge >= 0.3 is 5.97 Å². The van der Waals surface area contributed by atoms with E-state index >= 15 is 0 Å². The lowest BCUT2D eigenvalue weighted by molar-refractivity contribution is -0.131. The molecule has 0 bridgehead atoms. The molecule has 8 nitrogen and oxygen atoms in total. The molecule has 0 saturated carbocycles. The van der Waals surface area contributed by atoms with Crippen LogP contribution in [0.15, 0.2) is 59.8 Å². The van der Waals surface area contributed by atoms with Crippen LogP contribution in [0.2, 0.25) is 0 Å². The van der Waals surface area contributed by atoms with E-state index in [-0.39, 0.29) is 11.7 Å². The largest absolute Gasteiger partial charge is 0.426 e. The molecule has 0 aliphatic rings. The number of hydrogen-bond donors (Lipinski definition) is 1. The molecule has 0 unspecified atom stereocenters. The molecule has 9 heteroatoms. The Balaban J connectivity index is 1.57. The Morgan fingerprint density at radius 3 is 2.54 bits per heavy atom. The highest BCUT2D eigenvalue weighted by atomic mass is 32.2. The first-order valence-corrected chi connectivity index (χ1v) is 8.65. The summed E-state index contributed by atoms with van der Waals surface area (Å²) < 4.78 is 6.82. The summed E-state index contributed by atoms with van der Waals surface area (Å²) in [5.74, 6) is -0.139. The Hall–Kier alpha value is -3.20. The van der Waals surface area contributed by atoms with Crippen LogP contribution in [-0.4, -0.2) is 37.8 Å². The molecule has 2 aromatic carbocycles. The third-order valence-electron chi connectivity index (χ3n) is 3.17. The first kappa shape index (κ1) is 17.6. The second-order valence-corrected chi connectivity index (χ2v) is 6.12.